The van der Waals surface area contributed by atoms with E-state index < -0.39 is 5.97 Å². The molecule has 0 aliphatic rings. The van der Waals surface area contributed by atoms with Crippen LogP contribution in [0.4, 0.5) is 4.79 Å². The fourth-order valence-electron chi connectivity index (χ4n) is 1.61. The van der Waals surface area contributed by atoms with Crippen molar-refractivity contribution in [2.24, 2.45) is 0 Å². The van der Waals surface area contributed by atoms with Crippen molar-refractivity contribution < 1.29 is 14.7 Å². The van der Waals surface area contributed by atoms with Gasteiger partial charge in [-0.25, -0.2) is 4.79 Å². The van der Waals surface area contributed by atoms with Gasteiger partial charge in [0, 0.05) is 17.6 Å². The molecule has 2 amide bonds. The van der Waals surface area contributed by atoms with E-state index in [0.717, 1.165) is 16.5 Å². The van der Waals surface area contributed by atoms with Crippen molar-refractivity contribution in [3.8, 4) is 0 Å². The maximum atomic E-state index is 11.9. The molecule has 19 heavy (non-hydrogen) atoms. The van der Waals surface area contributed by atoms with Crippen LogP contribution in [-0.4, -0.2) is 35.1 Å². The summed E-state index contributed by atoms with van der Waals surface area (Å²) in [6, 6.07) is 7.20. The maximum absolute atomic E-state index is 11.9. The lowest BCUT2D eigenvalue weighted by molar-refractivity contribution is -0.137. The third-order valence-electron chi connectivity index (χ3n) is 2.49. The largest absolute Gasteiger partial charge is 0.480 e. The van der Waals surface area contributed by atoms with E-state index in [2.05, 4.69) is 21.2 Å². The van der Waals surface area contributed by atoms with E-state index in [9.17, 15) is 9.59 Å². The Hall–Kier alpha value is -1.56. The molecule has 0 saturated carbocycles. The Morgan fingerprint density at radius 2 is 2.05 bits per heavy atom. The van der Waals surface area contributed by atoms with Crippen molar-refractivity contribution in [3.05, 3.63) is 34.3 Å². The van der Waals surface area contributed by atoms with E-state index in [1.807, 2.05) is 31.2 Å². The first-order valence-electron chi connectivity index (χ1n) is 6.02. The fourth-order valence-corrected chi connectivity index (χ4v) is 2.03. The molecule has 0 saturated heterocycles. The van der Waals surface area contributed by atoms with Gasteiger partial charge < -0.3 is 15.3 Å². The van der Waals surface area contributed by atoms with Gasteiger partial charge in [0.2, 0.25) is 0 Å². The zero-order chi connectivity index (χ0) is 14.3. The van der Waals surface area contributed by atoms with Crippen LogP contribution in [0.1, 0.15) is 18.9 Å². The minimum Gasteiger partial charge on any atom is -0.480 e. The summed E-state index contributed by atoms with van der Waals surface area (Å²) < 4.78 is 0.913. The van der Waals surface area contributed by atoms with Crippen LogP contribution < -0.4 is 5.32 Å². The summed E-state index contributed by atoms with van der Waals surface area (Å²) in [5.41, 5.74) is 0.947. The van der Waals surface area contributed by atoms with Gasteiger partial charge in [-0.3, -0.25) is 4.79 Å². The predicted octanol–water partition coefficient (Wildman–Crippen LogP) is 2.46. The Morgan fingerprint density at radius 3 is 2.63 bits per heavy atom. The molecule has 0 aliphatic carbocycles. The molecular formula is C13H17BrN2O3. The number of nitrogens with zero attached hydrogens (tertiary/aromatic N) is 1. The second-order valence-corrected chi connectivity index (χ2v) is 4.92. The number of hydrogen-bond donors (Lipinski definition) is 2. The standard InChI is InChI=1S/C13H17BrN2O3/c1-2-7-16(9-12(17)18)13(19)15-8-10-5-3-4-6-11(10)14/h3-6H,2,7-9H2,1H3,(H,15,19)(H,17,18). The van der Waals surface area contributed by atoms with Crippen molar-refractivity contribution >= 4 is 27.9 Å². The van der Waals surface area contributed by atoms with Crippen LogP contribution in [0.2, 0.25) is 0 Å². The highest BCUT2D eigenvalue weighted by atomic mass is 79.9. The van der Waals surface area contributed by atoms with Gasteiger partial charge in [0.05, 0.1) is 0 Å². The third kappa shape index (κ3) is 5.30. The smallest absolute Gasteiger partial charge is 0.323 e. The summed E-state index contributed by atoms with van der Waals surface area (Å²) in [4.78, 5) is 23.9. The molecular weight excluding hydrogens is 312 g/mol. The van der Waals surface area contributed by atoms with Crippen molar-refractivity contribution in [1.82, 2.24) is 10.2 Å². The van der Waals surface area contributed by atoms with Crippen molar-refractivity contribution in [1.29, 1.82) is 0 Å². The molecule has 0 aliphatic heterocycles. The molecule has 0 fully saturated rings. The van der Waals surface area contributed by atoms with Crippen LogP contribution in [0.5, 0.6) is 0 Å². The molecule has 0 heterocycles. The van der Waals surface area contributed by atoms with Gasteiger partial charge >= 0.3 is 12.0 Å². The molecule has 0 spiro atoms. The van der Waals surface area contributed by atoms with Gasteiger partial charge in [0.25, 0.3) is 0 Å². The third-order valence-corrected chi connectivity index (χ3v) is 3.27. The molecule has 0 radical (unpaired) electrons. The number of hydrogen-bond acceptors (Lipinski definition) is 2. The highest BCUT2D eigenvalue weighted by Gasteiger charge is 2.15. The van der Waals surface area contributed by atoms with Crippen molar-refractivity contribution in [3.63, 3.8) is 0 Å². The van der Waals surface area contributed by atoms with Crippen LogP contribution in [0.25, 0.3) is 0 Å². The molecule has 0 bridgehead atoms. The normalized spacial score (nSPS) is 10.0. The van der Waals surface area contributed by atoms with Gasteiger partial charge in [-0.15, -0.1) is 0 Å². The lowest BCUT2D eigenvalue weighted by atomic mass is 10.2. The van der Waals surface area contributed by atoms with E-state index in [1.54, 1.807) is 0 Å². The number of aliphatic carboxylic acids is 1. The van der Waals surface area contributed by atoms with Gasteiger partial charge in [-0.1, -0.05) is 41.1 Å². The average molecular weight is 329 g/mol. The number of carboxylic acids is 1. The zero-order valence-corrected chi connectivity index (χ0v) is 12.3. The Labute approximate surface area is 120 Å². The van der Waals surface area contributed by atoms with Crippen LogP contribution in [0.3, 0.4) is 0 Å². The van der Waals surface area contributed by atoms with E-state index in [-0.39, 0.29) is 12.6 Å². The van der Waals surface area contributed by atoms with Gasteiger partial charge in [-0.2, -0.15) is 0 Å². The van der Waals surface area contributed by atoms with E-state index >= 15 is 0 Å². The number of nitrogens with one attached hydrogen (secondary N) is 1. The highest BCUT2D eigenvalue weighted by Crippen LogP contribution is 2.15. The van der Waals surface area contributed by atoms with E-state index in [1.165, 1.54) is 4.90 Å². The molecule has 1 aromatic rings. The molecule has 1 aromatic carbocycles. The van der Waals surface area contributed by atoms with Gasteiger partial charge in [0.1, 0.15) is 6.54 Å². The second-order valence-electron chi connectivity index (χ2n) is 4.07. The Morgan fingerprint density at radius 1 is 1.37 bits per heavy atom. The molecule has 0 unspecified atom stereocenters. The highest BCUT2D eigenvalue weighted by molar-refractivity contribution is 9.10. The number of benzene rings is 1. The number of amides is 2. The SMILES string of the molecule is CCCN(CC(=O)O)C(=O)NCc1ccccc1Br. The van der Waals surface area contributed by atoms with E-state index in [4.69, 9.17) is 5.11 Å². The predicted molar refractivity (Wildman–Crippen MR) is 75.9 cm³/mol. The Balaban J connectivity index is 2.57. The maximum Gasteiger partial charge on any atom is 0.323 e. The first kappa shape index (κ1) is 15.5. The minimum absolute atomic E-state index is 0.282. The van der Waals surface area contributed by atoms with Crippen LogP contribution in [-0.2, 0) is 11.3 Å². The number of rotatable bonds is 6. The van der Waals surface area contributed by atoms with Crippen LogP contribution in [0.15, 0.2) is 28.7 Å². The average Bonchev–Trinajstić information content (AvgIpc) is 2.36. The molecule has 0 aromatic heterocycles. The van der Waals surface area contributed by atoms with Crippen molar-refractivity contribution in [2.75, 3.05) is 13.1 Å². The van der Waals surface area contributed by atoms with Gasteiger partial charge in [0.15, 0.2) is 0 Å². The first-order valence-corrected chi connectivity index (χ1v) is 6.82. The number of carbonyl (C=O) groups is 2. The quantitative estimate of drug-likeness (QED) is 0.842. The zero-order valence-electron chi connectivity index (χ0n) is 10.7. The van der Waals surface area contributed by atoms with Crippen LogP contribution >= 0.6 is 15.9 Å². The number of halogens is 1. The Bertz CT molecular complexity index is 451. The summed E-state index contributed by atoms with van der Waals surface area (Å²) in [5, 5.41) is 11.5. The lowest BCUT2D eigenvalue weighted by Crippen LogP contribution is -2.42. The summed E-state index contributed by atoms with van der Waals surface area (Å²) in [5.74, 6) is -1.01. The van der Waals surface area contributed by atoms with Gasteiger partial charge in [-0.05, 0) is 18.1 Å². The van der Waals surface area contributed by atoms with Crippen LogP contribution in [0, 0.1) is 0 Å². The molecule has 104 valence electrons. The fraction of sp³-hybridized carbons (Fsp3) is 0.385. The molecule has 6 heteroatoms. The molecule has 0 atom stereocenters. The first-order chi connectivity index (χ1) is 9.04. The molecule has 1 rings (SSSR count). The topological polar surface area (TPSA) is 69.6 Å². The molecule has 5 nitrogen and oxygen atoms in total. The van der Waals surface area contributed by atoms with E-state index in [0.29, 0.717) is 13.1 Å². The van der Waals surface area contributed by atoms with Crippen molar-refractivity contribution in [2.45, 2.75) is 19.9 Å². The number of urea groups is 1. The summed E-state index contributed by atoms with van der Waals surface area (Å²) in [6.45, 7) is 2.40. The summed E-state index contributed by atoms with van der Waals surface area (Å²) >= 11 is 3.40. The second kappa shape index (κ2) is 7.78. The monoisotopic (exact) mass is 328 g/mol. The number of carbonyl (C=O) groups excluding carboxylic acids is 1. The number of carboxylic acid groups (broad SMARTS) is 1. The summed E-state index contributed by atoms with van der Waals surface area (Å²) in [7, 11) is 0. The molecule has 2 N–H and O–H groups in total. The summed E-state index contributed by atoms with van der Waals surface area (Å²) in [6.07, 6.45) is 0.718. The Kier molecular flexibility index (Phi) is 6.35. The minimum atomic E-state index is -1.01. The lowest BCUT2D eigenvalue weighted by Gasteiger charge is -2.20.